The number of carbonyl (C=O) groups is 2. The predicted octanol–water partition coefficient (Wildman–Crippen LogP) is 0.425. The number of halogens is 1. The molecule has 8 nitrogen and oxygen atoms in total. The van der Waals surface area contributed by atoms with Crippen molar-refractivity contribution >= 4 is 23.3 Å². The number of amides is 1. The van der Waals surface area contributed by atoms with E-state index in [0.29, 0.717) is 0 Å². The molecule has 0 saturated heterocycles. The summed E-state index contributed by atoms with van der Waals surface area (Å²) in [5.74, 6) is -1.87. The second-order valence-corrected chi connectivity index (χ2v) is 4.04. The summed E-state index contributed by atoms with van der Waals surface area (Å²) in [6.07, 6.45) is 1.21. The number of ether oxygens (including phenoxy) is 1. The molecule has 1 aromatic heterocycles. The Morgan fingerprint density at radius 1 is 1.48 bits per heavy atom. The van der Waals surface area contributed by atoms with Gasteiger partial charge >= 0.3 is 5.97 Å². The van der Waals surface area contributed by atoms with Crippen LogP contribution in [0.15, 0.2) is 24.5 Å². The molecule has 1 heterocycles. The molecule has 3 N–H and O–H groups in total. The lowest BCUT2D eigenvalue weighted by atomic mass is 10.2. The summed E-state index contributed by atoms with van der Waals surface area (Å²) in [5, 5.41) is 6.21. The van der Waals surface area contributed by atoms with Gasteiger partial charge in [0.2, 0.25) is 5.91 Å². The maximum absolute atomic E-state index is 13.1. The molecule has 21 heavy (non-hydrogen) atoms. The van der Waals surface area contributed by atoms with E-state index in [1.165, 1.54) is 25.6 Å². The molecular formula is C12H12FN5O3. The van der Waals surface area contributed by atoms with Gasteiger partial charge in [-0.1, -0.05) is 0 Å². The summed E-state index contributed by atoms with van der Waals surface area (Å²) >= 11 is 0. The van der Waals surface area contributed by atoms with Crippen molar-refractivity contribution in [2.24, 2.45) is 0 Å². The number of nitrogen functional groups attached to an aromatic ring is 1. The van der Waals surface area contributed by atoms with Crippen molar-refractivity contribution in [3.8, 4) is 0 Å². The van der Waals surface area contributed by atoms with Crippen LogP contribution in [0.2, 0.25) is 0 Å². The molecule has 1 amide bonds. The first-order valence-electron chi connectivity index (χ1n) is 5.82. The summed E-state index contributed by atoms with van der Waals surface area (Å²) in [5.41, 5.74) is 6.01. The maximum Gasteiger partial charge on any atom is 0.377 e. The molecule has 2 aromatic rings. The van der Waals surface area contributed by atoms with Gasteiger partial charge in [-0.15, -0.1) is 5.10 Å². The summed E-state index contributed by atoms with van der Waals surface area (Å²) in [6.45, 7) is -0.208. The summed E-state index contributed by atoms with van der Waals surface area (Å²) in [6, 6.07) is 3.63. The Bertz CT molecular complexity index is 685. The summed E-state index contributed by atoms with van der Waals surface area (Å²) in [7, 11) is 1.20. The van der Waals surface area contributed by atoms with E-state index in [9.17, 15) is 14.0 Å². The zero-order valence-corrected chi connectivity index (χ0v) is 11.0. The number of hydrogen-bond donors (Lipinski definition) is 2. The number of esters is 1. The van der Waals surface area contributed by atoms with Crippen molar-refractivity contribution in [1.82, 2.24) is 14.8 Å². The van der Waals surface area contributed by atoms with Gasteiger partial charge in [0.1, 0.15) is 18.7 Å². The number of hydrogen-bond acceptors (Lipinski definition) is 6. The lowest BCUT2D eigenvalue weighted by molar-refractivity contribution is -0.116. The number of nitrogens with two attached hydrogens (primary N) is 1. The Labute approximate surface area is 118 Å². The number of anilines is 2. The van der Waals surface area contributed by atoms with Crippen molar-refractivity contribution in [2.45, 2.75) is 6.54 Å². The first-order valence-corrected chi connectivity index (χ1v) is 5.82. The number of nitrogens with zero attached hydrogens (tertiary/aromatic N) is 3. The highest BCUT2D eigenvalue weighted by Gasteiger charge is 2.13. The normalized spacial score (nSPS) is 10.2. The standard InChI is InChI=1S/C12H12FN5O3/c1-21-12(20)11-15-6-18(17-11)5-10(19)16-9-4-7(13)2-3-8(9)14/h2-4,6H,5,14H2,1H3,(H,16,19). The van der Waals surface area contributed by atoms with Crippen molar-refractivity contribution in [1.29, 1.82) is 0 Å². The Balaban J connectivity index is 2.03. The zero-order chi connectivity index (χ0) is 15.4. The summed E-state index contributed by atoms with van der Waals surface area (Å²) < 4.78 is 18.7. The third-order valence-electron chi connectivity index (χ3n) is 2.50. The Kier molecular flexibility index (Phi) is 4.12. The van der Waals surface area contributed by atoms with Gasteiger partial charge in [0, 0.05) is 0 Å². The Morgan fingerprint density at radius 2 is 2.24 bits per heavy atom. The third kappa shape index (κ3) is 3.53. The fourth-order valence-electron chi connectivity index (χ4n) is 1.53. The smallest absolute Gasteiger partial charge is 0.377 e. The monoisotopic (exact) mass is 293 g/mol. The number of nitrogens with one attached hydrogen (secondary N) is 1. The van der Waals surface area contributed by atoms with Crippen molar-refractivity contribution < 1.29 is 18.7 Å². The van der Waals surface area contributed by atoms with Crippen LogP contribution in [0.1, 0.15) is 10.6 Å². The second kappa shape index (κ2) is 5.99. The van der Waals surface area contributed by atoms with Gasteiger partial charge in [-0.3, -0.25) is 4.79 Å². The molecule has 0 aliphatic rings. The quantitative estimate of drug-likeness (QED) is 0.624. The third-order valence-corrected chi connectivity index (χ3v) is 2.50. The van der Waals surface area contributed by atoms with Gasteiger partial charge in [0.25, 0.3) is 5.82 Å². The van der Waals surface area contributed by atoms with Gasteiger partial charge in [-0.2, -0.15) is 0 Å². The van der Waals surface area contributed by atoms with Crippen LogP contribution in [0.4, 0.5) is 15.8 Å². The minimum absolute atomic E-state index is 0.157. The molecule has 2 rings (SSSR count). The number of methoxy groups -OCH3 is 1. The molecule has 0 saturated carbocycles. The molecule has 0 aliphatic carbocycles. The van der Waals surface area contributed by atoms with Gasteiger partial charge in [-0.25, -0.2) is 18.9 Å². The number of rotatable bonds is 4. The van der Waals surface area contributed by atoms with Crippen LogP contribution in [0.3, 0.4) is 0 Å². The first-order chi connectivity index (χ1) is 9.99. The number of carbonyl (C=O) groups excluding carboxylic acids is 2. The largest absolute Gasteiger partial charge is 0.463 e. The second-order valence-electron chi connectivity index (χ2n) is 4.04. The van der Waals surface area contributed by atoms with Crippen molar-refractivity contribution in [3.63, 3.8) is 0 Å². The van der Waals surface area contributed by atoms with Gasteiger partial charge in [0.15, 0.2) is 0 Å². The molecule has 0 radical (unpaired) electrons. The Hall–Kier alpha value is -2.97. The average Bonchev–Trinajstić information content (AvgIpc) is 2.90. The molecule has 0 fully saturated rings. The van der Waals surface area contributed by atoms with Crippen LogP contribution in [0.25, 0.3) is 0 Å². The fraction of sp³-hybridized carbons (Fsp3) is 0.167. The molecule has 1 aromatic carbocycles. The van der Waals surface area contributed by atoms with Crippen LogP contribution in [0.5, 0.6) is 0 Å². The van der Waals surface area contributed by atoms with Gasteiger partial charge < -0.3 is 15.8 Å². The molecule has 0 unspecified atom stereocenters. The molecule has 0 aliphatic heterocycles. The minimum atomic E-state index is -0.705. The van der Waals surface area contributed by atoms with E-state index in [2.05, 4.69) is 20.1 Å². The highest BCUT2D eigenvalue weighted by molar-refractivity contribution is 5.93. The SMILES string of the molecule is COC(=O)c1ncn(CC(=O)Nc2cc(F)ccc2N)n1. The van der Waals surface area contributed by atoms with E-state index in [1.807, 2.05) is 0 Å². The first kappa shape index (κ1) is 14.4. The fourth-order valence-corrected chi connectivity index (χ4v) is 1.53. The highest BCUT2D eigenvalue weighted by atomic mass is 19.1. The summed E-state index contributed by atoms with van der Waals surface area (Å²) in [4.78, 5) is 26.7. The molecule has 0 spiro atoms. The van der Waals surface area contributed by atoms with E-state index < -0.39 is 17.7 Å². The predicted molar refractivity (Wildman–Crippen MR) is 70.8 cm³/mol. The van der Waals surface area contributed by atoms with Crippen LogP contribution in [-0.2, 0) is 16.1 Å². The average molecular weight is 293 g/mol. The van der Waals surface area contributed by atoms with E-state index >= 15 is 0 Å². The van der Waals surface area contributed by atoms with E-state index in [-0.39, 0.29) is 23.7 Å². The van der Waals surface area contributed by atoms with Crippen LogP contribution in [-0.4, -0.2) is 33.8 Å². The van der Waals surface area contributed by atoms with Crippen LogP contribution >= 0.6 is 0 Å². The van der Waals surface area contributed by atoms with E-state index in [0.717, 1.165) is 10.7 Å². The van der Waals surface area contributed by atoms with Crippen molar-refractivity contribution in [3.05, 3.63) is 36.2 Å². The topological polar surface area (TPSA) is 112 Å². The number of aromatic nitrogens is 3. The zero-order valence-electron chi connectivity index (χ0n) is 11.0. The van der Waals surface area contributed by atoms with Crippen LogP contribution < -0.4 is 11.1 Å². The minimum Gasteiger partial charge on any atom is -0.463 e. The van der Waals surface area contributed by atoms with Gasteiger partial charge in [0.05, 0.1) is 18.5 Å². The lowest BCUT2D eigenvalue weighted by Crippen LogP contribution is -2.20. The number of benzene rings is 1. The lowest BCUT2D eigenvalue weighted by Gasteiger charge is -2.07. The maximum atomic E-state index is 13.1. The molecule has 0 atom stereocenters. The highest BCUT2D eigenvalue weighted by Crippen LogP contribution is 2.19. The van der Waals surface area contributed by atoms with E-state index in [1.54, 1.807) is 0 Å². The Morgan fingerprint density at radius 3 is 2.95 bits per heavy atom. The molecule has 0 bridgehead atoms. The van der Waals surface area contributed by atoms with E-state index in [4.69, 9.17) is 5.73 Å². The van der Waals surface area contributed by atoms with Crippen LogP contribution in [0, 0.1) is 5.82 Å². The van der Waals surface area contributed by atoms with Crippen molar-refractivity contribution in [2.75, 3.05) is 18.2 Å². The molecule has 110 valence electrons. The molecular weight excluding hydrogens is 281 g/mol. The molecule has 9 heteroatoms. The van der Waals surface area contributed by atoms with Gasteiger partial charge in [-0.05, 0) is 18.2 Å².